The van der Waals surface area contributed by atoms with E-state index in [4.69, 9.17) is 0 Å². The van der Waals surface area contributed by atoms with Crippen LogP contribution < -0.4 is 0 Å². The lowest BCUT2D eigenvalue weighted by atomic mass is 10.1. The molecule has 0 saturated carbocycles. The highest BCUT2D eigenvalue weighted by atomic mass is 32.1. The van der Waals surface area contributed by atoms with Gasteiger partial charge < -0.3 is 4.98 Å². The Morgan fingerprint density at radius 1 is 1.07 bits per heavy atom. The van der Waals surface area contributed by atoms with Crippen LogP contribution >= 0.6 is 11.3 Å². The zero-order chi connectivity index (χ0) is 9.38. The average molecular weight is 199 g/mol. The van der Waals surface area contributed by atoms with Crippen molar-refractivity contribution in [3.63, 3.8) is 0 Å². The van der Waals surface area contributed by atoms with Crippen molar-refractivity contribution in [1.82, 2.24) is 4.98 Å². The maximum Gasteiger partial charge on any atom is 0.0348 e. The second-order valence-electron chi connectivity index (χ2n) is 3.24. The first-order chi connectivity index (χ1) is 6.95. The maximum atomic E-state index is 3.09. The number of aromatic nitrogens is 1. The molecule has 1 aromatic carbocycles. The third-order valence-corrected chi connectivity index (χ3v) is 3.29. The molecule has 0 aliphatic heterocycles. The zero-order valence-electron chi connectivity index (χ0n) is 7.53. The van der Waals surface area contributed by atoms with E-state index in [1.165, 1.54) is 21.2 Å². The van der Waals surface area contributed by atoms with E-state index in [9.17, 15) is 0 Å². The van der Waals surface area contributed by atoms with Crippen molar-refractivity contribution in [1.29, 1.82) is 0 Å². The predicted molar refractivity (Wildman–Crippen MR) is 61.6 cm³/mol. The molecule has 0 atom stereocenters. The van der Waals surface area contributed by atoms with E-state index in [1.54, 1.807) is 11.3 Å². The number of aromatic amines is 1. The number of fused-ring (bicyclic) bond motifs is 1. The topological polar surface area (TPSA) is 15.8 Å². The third kappa shape index (κ3) is 1.08. The monoisotopic (exact) mass is 199 g/mol. The first-order valence-electron chi connectivity index (χ1n) is 4.54. The number of nitrogens with one attached hydrogen (secondary N) is 1. The van der Waals surface area contributed by atoms with Gasteiger partial charge in [-0.25, -0.2) is 0 Å². The Balaban J connectivity index is 2.36. The molecule has 0 radical (unpaired) electrons. The molecular formula is C12H9NS. The Morgan fingerprint density at radius 3 is 2.93 bits per heavy atom. The van der Waals surface area contributed by atoms with E-state index >= 15 is 0 Å². The van der Waals surface area contributed by atoms with Crippen molar-refractivity contribution in [2.45, 2.75) is 0 Å². The Bertz CT molecular complexity index is 548. The van der Waals surface area contributed by atoms with Gasteiger partial charge in [0.1, 0.15) is 0 Å². The van der Waals surface area contributed by atoms with Crippen LogP contribution in [-0.4, -0.2) is 4.98 Å². The van der Waals surface area contributed by atoms with Gasteiger partial charge in [0, 0.05) is 22.5 Å². The molecule has 0 spiro atoms. The smallest absolute Gasteiger partial charge is 0.0348 e. The lowest BCUT2D eigenvalue weighted by Gasteiger charge is -1.99. The van der Waals surface area contributed by atoms with Crippen molar-refractivity contribution in [3.8, 4) is 11.1 Å². The number of hydrogen-bond donors (Lipinski definition) is 1. The summed E-state index contributed by atoms with van der Waals surface area (Å²) < 4.78 is 1.35. The summed E-state index contributed by atoms with van der Waals surface area (Å²) in [6.45, 7) is 0. The highest BCUT2D eigenvalue weighted by Gasteiger charge is 2.03. The van der Waals surface area contributed by atoms with E-state index in [-0.39, 0.29) is 0 Å². The molecule has 0 amide bonds. The summed E-state index contributed by atoms with van der Waals surface area (Å²) in [4.78, 5) is 3.09. The van der Waals surface area contributed by atoms with Gasteiger partial charge in [-0.2, -0.15) is 0 Å². The fourth-order valence-corrected chi connectivity index (χ4v) is 2.55. The van der Waals surface area contributed by atoms with Crippen LogP contribution in [0.5, 0.6) is 0 Å². The normalized spacial score (nSPS) is 10.9. The quantitative estimate of drug-likeness (QED) is 0.612. The summed E-state index contributed by atoms with van der Waals surface area (Å²) in [5, 5.41) is 3.48. The largest absolute Gasteiger partial charge is 0.367 e. The van der Waals surface area contributed by atoms with Crippen LogP contribution in [0, 0.1) is 0 Å². The minimum Gasteiger partial charge on any atom is -0.367 e. The van der Waals surface area contributed by atoms with Crippen LogP contribution in [0.4, 0.5) is 0 Å². The molecule has 2 heteroatoms. The molecule has 3 aromatic rings. The molecule has 0 aliphatic carbocycles. The average Bonchev–Trinajstić information content (AvgIpc) is 2.88. The van der Waals surface area contributed by atoms with Gasteiger partial charge in [-0.15, -0.1) is 11.3 Å². The first kappa shape index (κ1) is 7.83. The summed E-state index contributed by atoms with van der Waals surface area (Å²) in [7, 11) is 0. The van der Waals surface area contributed by atoms with Gasteiger partial charge in [0.25, 0.3) is 0 Å². The second kappa shape index (κ2) is 3.00. The number of thiophene rings is 1. The lowest BCUT2D eigenvalue weighted by molar-refractivity contribution is 1.41. The highest BCUT2D eigenvalue weighted by molar-refractivity contribution is 7.17. The SMILES string of the molecule is c1cc(-c2cc[nH]c2)c2ccsc2c1. The van der Waals surface area contributed by atoms with Crippen molar-refractivity contribution in [2.24, 2.45) is 0 Å². The van der Waals surface area contributed by atoms with Crippen LogP contribution in [0.15, 0.2) is 48.1 Å². The second-order valence-corrected chi connectivity index (χ2v) is 4.19. The molecule has 68 valence electrons. The molecule has 2 heterocycles. The van der Waals surface area contributed by atoms with Crippen molar-refractivity contribution in [2.75, 3.05) is 0 Å². The molecule has 2 aromatic heterocycles. The van der Waals surface area contributed by atoms with Crippen LogP contribution in [0.3, 0.4) is 0 Å². The van der Waals surface area contributed by atoms with Gasteiger partial charge in [-0.05, 0) is 34.7 Å². The molecule has 0 unspecified atom stereocenters. The molecule has 0 aliphatic rings. The summed E-state index contributed by atoms with van der Waals surface area (Å²) >= 11 is 1.79. The van der Waals surface area contributed by atoms with E-state index in [1.807, 2.05) is 12.4 Å². The lowest BCUT2D eigenvalue weighted by Crippen LogP contribution is -1.73. The van der Waals surface area contributed by atoms with E-state index in [0.29, 0.717) is 0 Å². The van der Waals surface area contributed by atoms with Crippen molar-refractivity contribution < 1.29 is 0 Å². The summed E-state index contributed by atoms with van der Waals surface area (Å²) in [6, 6.07) is 10.7. The molecule has 14 heavy (non-hydrogen) atoms. The molecule has 1 nitrogen and oxygen atoms in total. The Morgan fingerprint density at radius 2 is 2.07 bits per heavy atom. The van der Waals surface area contributed by atoms with Gasteiger partial charge >= 0.3 is 0 Å². The van der Waals surface area contributed by atoms with Gasteiger partial charge in [-0.3, -0.25) is 0 Å². The minimum atomic E-state index is 1.26. The van der Waals surface area contributed by atoms with Crippen molar-refractivity contribution in [3.05, 3.63) is 48.1 Å². The number of H-pyrrole nitrogens is 1. The molecule has 0 saturated heterocycles. The van der Waals surface area contributed by atoms with Gasteiger partial charge in [0.05, 0.1) is 0 Å². The summed E-state index contributed by atoms with van der Waals surface area (Å²) in [5.41, 5.74) is 2.57. The Kier molecular flexibility index (Phi) is 1.67. The number of hydrogen-bond acceptors (Lipinski definition) is 1. The predicted octanol–water partition coefficient (Wildman–Crippen LogP) is 3.90. The third-order valence-electron chi connectivity index (χ3n) is 2.40. The van der Waals surface area contributed by atoms with E-state index < -0.39 is 0 Å². The first-order valence-corrected chi connectivity index (χ1v) is 5.42. The zero-order valence-corrected chi connectivity index (χ0v) is 8.34. The molecule has 3 rings (SSSR count). The highest BCUT2D eigenvalue weighted by Crippen LogP contribution is 2.31. The Labute approximate surface area is 86.0 Å². The van der Waals surface area contributed by atoms with Crippen LogP contribution in [0.1, 0.15) is 0 Å². The molecule has 0 fully saturated rings. The number of benzene rings is 1. The molecule has 1 N–H and O–H groups in total. The van der Waals surface area contributed by atoms with E-state index in [2.05, 4.69) is 40.7 Å². The Hall–Kier alpha value is -1.54. The maximum absolute atomic E-state index is 3.09. The standard InChI is InChI=1S/C12H9NS/c1-2-10(9-4-6-13-8-9)11-5-7-14-12(11)3-1/h1-8,13H. The summed E-state index contributed by atoms with van der Waals surface area (Å²) in [5.74, 6) is 0. The van der Waals surface area contributed by atoms with Gasteiger partial charge in [-0.1, -0.05) is 12.1 Å². The minimum absolute atomic E-state index is 1.26. The van der Waals surface area contributed by atoms with Crippen molar-refractivity contribution >= 4 is 21.4 Å². The van der Waals surface area contributed by atoms with E-state index in [0.717, 1.165) is 0 Å². The van der Waals surface area contributed by atoms with Crippen LogP contribution in [-0.2, 0) is 0 Å². The van der Waals surface area contributed by atoms with Crippen LogP contribution in [0.25, 0.3) is 21.2 Å². The molecular weight excluding hydrogens is 190 g/mol. The van der Waals surface area contributed by atoms with Gasteiger partial charge in [0.2, 0.25) is 0 Å². The summed E-state index contributed by atoms with van der Waals surface area (Å²) in [6.07, 6.45) is 3.99. The van der Waals surface area contributed by atoms with Crippen LogP contribution in [0.2, 0.25) is 0 Å². The molecule has 0 bridgehead atoms. The fourth-order valence-electron chi connectivity index (χ4n) is 1.74. The van der Waals surface area contributed by atoms with Gasteiger partial charge in [0.15, 0.2) is 0 Å². The fraction of sp³-hybridized carbons (Fsp3) is 0. The number of rotatable bonds is 1.